The molecule has 1 aliphatic heterocycles. The second-order valence-electron chi connectivity index (χ2n) is 7.76. The van der Waals surface area contributed by atoms with Crippen LogP contribution in [-0.4, -0.2) is 37.8 Å². The van der Waals surface area contributed by atoms with Gasteiger partial charge in [0.15, 0.2) is 0 Å². The zero-order valence-electron chi connectivity index (χ0n) is 17.2. The van der Waals surface area contributed by atoms with Crippen LogP contribution in [0.2, 0.25) is 0 Å². The predicted molar refractivity (Wildman–Crippen MR) is 114 cm³/mol. The molecule has 158 valence electrons. The maximum atomic E-state index is 13.2. The Bertz CT molecular complexity index is 1200. The fraction of sp³-hybridized carbons (Fsp3) is 0.261. The van der Waals surface area contributed by atoms with Gasteiger partial charge in [-0.15, -0.1) is 0 Å². The number of rotatable bonds is 5. The van der Waals surface area contributed by atoms with E-state index in [0.29, 0.717) is 36.8 Å². The molecule has 3 aromatic heterocycles. The molecule has 0 saturated carbocycles. The van der Waals surface area contributed by atoms with Crippen LogP contribution in [0.3, 0.4) is 0 Å². The Morgan fingerprint density at radius 3 is 2.90 bits per heavy atom. The van der Waals surface area contributed by atoms with Crippen LogP contribution in [0.5, 0.6) is 0 Å². The van der Waals surface area contributed by atoms with Crippen molar-refractivity contribution in [2.24, 2.45) is 0 Å². The number of fused-ring (bicyclic) bond motifs is 2. The lowest BCUT2D eigenvalue weighted by Crippen LogP contribution is -2.41. The van der Waals surface area contributed by atoms with E-state index in [1.807, 2.05) is 59.0 Å². The maximum Gasteiger partial charge on any atom is 0.270 e. The van der Waals surface area contributed by atoms with Crippen molar-refractivity contribution < 1.29 is 14.0 Å². The molecule has 31 heavy (non-hydrogen) atoms. The molecule has 0 unspecified atom stereocenters. The Labute approximate surface area is 178 Å². The van der Waals surface area contributed by atoms with E-state index in [4.69, 9.17) is 4.42 Å². The van der Waals surface area contributed by atoms with Crippen molar-refractivity contribution in [2.75, 3.05) is 6.54 Å². The summed E-state index contributed by atoms with van der Waals surface area (Å²) in [5, 5.41) is 3.85. The Hall–Kier alpha value is -3.81. The standard InChI is InChI=1S/C23H23N5O3/c1-15-22-25-17(12-21(29)24-13-18-6-4-10-31-18)14-27(22)8-9-28(15)23(30)20-11-16-5-2-3-7-19(16)26-20/h2-7,10-11,14-15,26H,8-9,12-13H2,1H3,(H,24,29)/t15-/m0/s1. The number of hydrogen-bond donors (Lipinski definition) is 2. The fourth-order valence-corrected chi connectivity index (χ4v) is 4.08. The van der Waals surface area contributed by atoms with E-state index in [2.05, 4.69) is 15.3 Å². The minimum Gasteiger partial charge on any atom is -0.467 e. The molecule has 2 amide bonds. The molecule has 8 nitrogen and oxygen atoms in total. The molecule has 0 bridgehead atoms. The van der Waals surface area contributed by atoms with Gasteiger partial charge >= 0.3 is 0 Å². The smallest absolute Gasteiger partial charge is 0.270 e. The maximum absolute atomic E-state index is 13.2. The van der Waals surface area contributed by atoms with Gasteiger partial charge in [-0.2, -0.15) is 0 Å². The van der Waals surface area contributed by atoms with E-state index in [-0.39, 0.29) is 24.3 Å². The van der Waals surface area contributed by atoms with E-state index < -0.39 is 0 Å². The number of imidazole rings is 1. The lowest BCUT2D eigenvalue weighted by molar-refractivity contribution is -0.120. The molecule has 1 aliphatic rings. The molecule has 4 heterocycles. The summed E-state index contributed by atoms with van der Waals surface area (Å²) in [6.45, 7) is 3.55. The first kappa shape index (κ1) is 19.2. The van der Waals surface area contributed by atoms with Crippen molar-refractivity contribution >= 4 is 22.7 Å². The van der Waals surface area contributed by atoms with Crippen molar-refractivity contribution in [3.63, 3.8) is 0 Å². The van der Waals surface area contributed by atoms with Gasteiger partial charge in [0.2, 0.25) is 5.91 Å². The van der Waals surface area contributed by atoms with Crippen LogP contribution < -0.4 is 5.32 Å². The Kier molecular flexibility index (Phi) is 4.82. The van der Waals surface area contributed by atoms with Crippen LogP contribution in [0.15, 0.2) is 59.3 Å². The van der Waals surface area contributed by atoms with Crippen molar-refractivity contribution in [1.82, 2.24) is 24.8 Å². The first-order valence-corrected chi connectivity index (χ1v) is 10.3. The molecule has 1 aromatic carbocycles. The molecule has 8 heteroatoms. The summed E-state index contributed by atoms with van der Waals surface area (Å²) in [4.78, 5) is 35.1. The minimum atomic E-state index is -0.187. The van der Waals surface area contributed by atoms with Gasteiger partial charge in [0.25, 0.3) is 5.91 Å². The number of amides is 2. The van der Waals surface area contributed by atoms with E-state index in [0.717, 1.165) is 16.7 Å². The summed E-state index contributed by atoms with van der Waals surface area (Å²) in [7, 11) is 0. The highest BCUT2D eigenvalue weighted by Gasteiger charge is 2.31. The number of aromatic amines is 1. The number of carbonyl (C=O) groups is 2. The fourth-order valence-electron chi connectivity index (χ4n) is 4.08. The van der Waals surface area contributed by atoms with Crippen molar-refractivity contribution in [3.8, 4) is 0 Å². The van der Waals surface area contributed by atoms with Crippen molar-refractivity contribution in [1.29, 1.82) is 0 Å². The lowest BCUT2D eigenvalue weighted by atomic mass is 10.2. The molecule has 0 saturated heterocycles. The third-order valence-corrected chi connectivity index (χ3v) is 5.68. The second kappa shape index (κ2) is 7.79. The summed E-state index contributed by atoms with van der Waals surface area (Å²) in [6.07, 6.45) is 3.67. The van der Waals surface area contributed by atoms with Gasteiger partial charge in [-0.3, -0.25) is 9.59 Å². The molecular formula is C23H23N5O3. The predicted octanol–water partition coefficient (Wildman–Crippen LogP) is 3.03. The van der Waals surface area contributed by atoms with Crippen molar-refractivity contribution in [3.05, 3.63) is 77.9 Å². The molecule has 4 aromatic rings. The van der Waals surface area contributed by atoms with Crippen LogP contribution in [0.4, 0.5) is 0 Å². The SMILES string of the molecule is C[C@H]1c2nc(CC(=O)NCc3ccco3)cn2CCN1C(=O)c1cc2ccccc2[nH]1. The number of carbonyl (C=O) groups excluding carboxylic acids is 2. The lowest BCUT2D eigenvalue weighted by Gasteiger charge is -2.33. The topological polar surface area (TPSA) is 96.2 Å². The van der Waals surface area contributed by atoms with Crippen LogP contribution in [0.25, 0.3) is 10.9 Å². The van der Waals surface area contributed by atoms with E-state index in [9.17, 15) is 9.59 Å². The van der Waals surface area contributed by atoms with Crippen molar-refractivity contribution in [2.45, 2.75) is 32.5 Å². The third kappa shape index (κ3) is 3.72. The molecule has 1 atom stereocenters. The number of H-pyrrole nitrogens is 1. The second-order valence-corrected chi connectivity index (χ2v) is 7.76. The molecule has 0 aliphatic carbocycles. The van der Waals surface area contributed by atoms with E-state index in [1.165, 1.54) is 0 Å². The van der Waals surface area contributed by atoms with Crippen LogP contribution in [-0.2, 0) is 24.3 Å². The third-order valence-electron chi connectivity index (χ3n) is 5.68. The number of hydrogen-bond acceptors (Lipinski definition) is 4. The number of nitrogens with one attached hydrogen (secondary N) is 2. The number of aromatic nitrogens is 3. The molecule has 0 radical (unpaired) electrons. The molecule has 0 fully saturated rings. The zero-order chi connectivity index (χ0) is 21.4. The Morgan fingerprint density at radius 2 is 2.10 bits per heavy atom. The quantitative estimate of drug-likeness (QED) is 0.522. The largest absolute Gasteiger partial charge is 0.467 e. The highest BCUT2D eigenvalue weighted by molar-refractivity contribution is 5.98. The Balaban J connectivity index is 1.28. The first-order valence-electron chi connectivity index (χ1n) is 10.3. The number of furan rings is 1. The molecule has 5 rings (SSSR count). The average Bonchev–Trinajstić information content (AvgIpc) is 3.51. The molecular weight excluding hydrogens is 394 g/mol. The van der Waals surface area contributed by atoms with Gasteiger partial charge in [0.05, 0.1) is 31.0 Å². The summed E-state index contributed by atoms with van der Waals surface area (Å²) in [5.74, 6) is 1.34. The highest BCUT2D eigenvalue weighted by atomic mass is 16.3. The van der Waals surface area contributed by atoms with Gasteiger partial charge in [0, 0.05) is 30.2 Å². The van der Waals surface area contributed by atoms with Gasteiger partial charge in [0.1, 0.15) is 17.3 Å². The van der Waals surface area contributed by atoms with Gasteiger partial charge < -0.3 is 24.2 Å². The molecule has 2 N–H and O–H groups in total. The highest BCUT2D eigenvalue weighted by Crippen LogP contribution is 2.27. The average molecular weight is 417 g/mol. The Morgan fingerprint density at radius 1 is 1.23 bits per heavy atom. The summed E-state index contributed by atoms with van der Waals surface area (Å²) < 4.78 is 7.27. The number of para-hydroxylation sites is 1. The number of nitrogens with zero attached hydrogens (tertiary/aromatic N) is 3. The van der Waals surface area contributed by atoms with Gasteiger partial charge in [-0.25, -0.2) is 4.98 Å². The summed E-state index contributed by atoms with van der Waals surface area (Å²) >= 11 is 0. The van der Waals surface area contributed by atoms with Gasteiger partial charge in [-0.05, 0) is 31.2 Å². The monoisotopic (exact) mass is 417 g/mol. The first-order chi connectivity index (χ1) is 15.1. The zero-order valence-corrected chi connectivity index (χ0v) is 17.2. The van der Waals surface area contributed by atoms with Crippen LogP contribution >= 0.6 is 0 Å². The van der Waals surface area contributed by atoms with Gasteiger partial charge in [-0.1, -0.05) is 18.2 Å². The number of benzene rings is 1. The summed E-state index contributed by atoms with van der Waals surface area (Å²) in [6, 6.07) is 13.1. The molecule has 0 spiro atoms. The normalized spacial score (nSPS) is 15.8. The van der Waals surface area contributed by atoms with Crippen LogP contribution in [0, 0.1) is 0 Å². The summed E-state index contributed by atoms with van der Waals surface area (Å²) in [5.41, 5.74) is 2.21. The van der Waals surface area contributed by atoms with E-state index in [1.54, 1.807) is 12.3 Å². The van der Waals surface area contributed by atoms with Crippen LogP contribution in [0.1, 0.15) is 40.7 Å². The van der Waals surface area contributed by atoms with E-state index >= 15 is 0 Å². The minimum absolute atomic E-state index is 0.0457.